The van der Waals surface area contributed by atoms with Crippen molar-refractivity contribution in [1.29, 1.82) is 0 Å². The van der Waals surface area contributed by atoms with Crippen LogP contribution in [0.5, 0.6) is 0 Å². The van der Waals surface area contributed by atoms with Crippen LogP contribution in [0.25, 0.3) is 11.4 Å². The Balaban J connectivity index is 1.92. The summed E-state index contributed by atoms with van der Waals surface area (Å²) in [6.45, 7) is 4.32. The van der Waals surface area contributed by atoms with E-state index in [9.17, 15) is 0 Å². The SMILES string of the molecule is Cc1c(-c2ccccn2)n[nH]c1C1CCCNC1. The van der Waals surface area contributed by atoms with E-state index in [2.05, 4.69) is 27.4 Å². The summed E-state index contributed by atoms with van der Waals surface area (Å²) < 4.78 is 0. The number of hydrogen-bond donors (Lipinski definition) is 2. The fraction of sp³-hybridized carbons (Fsp3) is 0.429. The molecular formula is C14H18N4. The molecule has 0 aliphatic carbocycles. The molecular weight excluding hydrogens is 224 g/mol. The molecule has 2 aromatic rings. The van der Waals surface area contributed by atoms with Crippen LogP contribution in [0.1, 0.15) is 30.0 Å². The van der Waals surface area contributed by atoms with Gasteiger partial charge in [-0.05, 0) is 44.0 Å². The number of pyridine rings is 1. The topological polar surface area (TPSA) is 53.6 Å². The van der Waals surface area contributed by atoms with E-state index in [1.165, 1.54) is 24.1 Å². The largest absolute Gasteiger partial charge is 0.316 e. The van der Waals surface area contributed by atoms with Gasteiger partial charge in [0.25, 0.3) is 0 Å². The highest BCUT2D eigenvalue weighted by molar-refractivity contribution is 5.59. The van der Waals surface area contributed by atoms with Crippen molar-refractivity contribution in [3.8, 4) is 11.4 Å². The lowest BCUT2D eigenvalue weighted by atomic mass is 9.93. The molecule has 1 aliphatic rings. The molecule has 3 heterocycles. The van der Waals surface area contributed by atoms with Gasteiger partial charge in [-0.15, -0.1) is 0 Å². The van der Waals surface area contributed by atoms with Crippen LogP contribution < -0.4 is 5.32 Å². The van der Waals surface area contributed by atoms with Crippen LogP contribution >= 0.6 is 0 Å². The van der Waals surface area contributed by atoms with Gasteiger partial charge >= 0.3 is 0 Å². The van der Waals surface area contributed by atoms with E-state index < -0.39 is 0 Å². The number of H-pyrrole nitrogens is 1. The highest BCUT2D eigenvalue weighted by Gasteiger charge is 2.21. The molecule has 94 valence electrons. The Hall–Kier alpha value is -1.68. The van der Waals surface area contributed by atoms with Gasteiger partial charge in [0, 0.05) is 24.4 Å². The first-order valence-corrected chi connectivity index (χ1v) is 6.53. The van der Waals surface area contributed by atoms with Gasteiger partial charge in [0.05, 0.1) is 5.69 Å². The molecule has 0 radical (unpaired) electrons. The Morgan fingerprint density at radius 1 is 1.33 bits per heavy atom. The lowest BCUT2D eigenvalue weighted by Gasteiger charge is -2.22. The third kappa shape index (κ3) is 2.04. The second-order valence-electron chi connectivity index (χ2n) is 4.87. The van der Waals surface area contributed by atoms with Gasteiger partial charge in [-0.1, -0.05) is 6.07 Å². The number of rotatable bonds is 2. The standard InChI is InChI=1S/C14H18N4/c1-10-13(11-5-4-7-15-9-11)17-18-14(10)12-6-2-3-8-16-12/h2-3,6,8,11,15H,4-5,7,9H2,1H3,(H,17,18). The summed E-state index contributed by atoms with van der Waals surface area (Å²) in [6.07, 6.45) is 4.28. The van der Waals surface area contributed by atoms with E-state index in [0.29, 0.717) is 5.92 Å². The zero-order valence-corrected chi connectivity index (χ0v) is 10.6. The maximum absolute atomic E-state index is 4.45. The molecule has 0 aromatic carbocycles. The number of nitrogens with one attached hydrogen (secondary N) is 2. The second-order valence-corrected chi connectivity index (χ2v) is 4.87. The molecule has 0 amide bonds. The van der Waals surface area contributed by atoms with Crippen LogP contribution in [0.3, 0.4) is 0 Å². The Kier molecular flexibility index (Phi) is 3.11. The minimum atomic E-state index is 0.559. The van der Waals surface area contributed by atoms with Gasteiger partial charge in [-0.2, -0.15) is 5.10 Å². The third-order valence-corrected chi connectivity index (χ3v) is 3.66. The van der Waals surface area contributed by atoms with E-state index in [1.54, 1.807) is 0 Å². The Labute approximate surface area is 107 Å². The summed E-state index contributed by atoms with van der Waals surface area (Å²) in [5.41, 5.74) is 4.43. The molecule has 4 heteroatoms. The van der Waals surface area contributed by atoms with Crippen LogP contribution in [0.2, 0.25) is 0 Å². The first-order chi connectivity index (χ1) is 8.86. The Morgan fingerprint density at radius 2 is 2.28 bits per heavy atom. The van der Waals surface area contributed by atoms with Crippen LogP contribution in [-0.4, -0.2) is 28.3 Å². The highest BCUT2D eigenvalue weighted by atomic mass is 15.1. The molecule has 0 saturated carbocycles. The molecule has 18 heavy (non-hydrogen) atoms. The van der Waals surface area contributed by atoms with E-state index in [1.807, 2.05) is 24.4 Å². The van der Waals surface area contributed by atoms with Crippen molar-refractivity contribution in [1.82, 2.24) is 20.5 Å². The van der Waals surface area contributed by atoms with E-state index in [-0.39, 0.29) is 0 Å². The smallest absolute Gasteiger partial charge is 0.114 e. The van der Waals surface area contributed by atoms with Crippen LogP contribution in [-0.2, 0) is 0 Å². The number of aromatic nitrogens is 3. The quantitative estimate of drug-likeness (QED) is 0.849. The molecule has 1 unspecified atom stereocenters. The Bertz CT molecular complexity index is 512. The molecule has 4 nitrogen and oxygen atoms in total. The molecule has 1 saturated heterocycles. The summed E-state index contributed by atoms with van der Waals surface area (Å²) in [4.78, 5) is 4.37. The monoisotopic (exact) mass is 242 g/mol. The van der Waals surface area contributed by atoms with E-state index in [4.69, 9.17) is 0 Å². The normalized spacial score (nSPS) is 19.9. The van der Waals surface area contributed by atoms with E-state index in [0.717, 1.165) is 24.5 Å². The number of aromatic amines is 1. The molecule has 3 rings (SSSR count). The fourth-order valence-corrected chi connectivity index (χ4v) is 2.66. The van der Waals surface area contributed by atoms with E-state index >= 15 is 0 Å². The zero-order valence-electron chi connectivity index (χ0n) is 10.6. The summed E-state index contributed by atoms with van der Waals surface area (Å²) in [6, 6.07) is 5.93. The zero-order chi connectivity index (χ0) is 12.4. The predicted molar refractivity (Wildman–Crippen MR) is 71.4 cm³/mol. The van der Waals surface area contributed by atoms with Crippen molar-refractivity contribution in [2.24, 2.45) is 0 Å². The predicted octanol–water partition coefficient (Wildman–Crippen LogP) is 2.25. The number of piperidine rings is 1. The molecule has 1 aliphatic heterocycles. The maximum atomic E-state index is 4.45. The lowest BCUT2D eigenvalue weighted by molar-refractivity contribution is 0.453. The van der Waals surface area contributed by atoms with Gasteiger partial charge in [-0.3, -0.25) is 10.1 Å². The van der Waals surface area contributed by atoms with Crippen molar-refractivity contribution in [2.75, 3.05) is 13.1 Å². The fourth-order valence-electron chi connectivity index (χ4n) is 2.66. The molecule has 0 spiro atoms. The average molecular weight is 242 g/mol. The number of hydrogen-bond acceptors (Lipinski definition) is 3. The van der Waals surface area contributed by atoms with Gasteiger partial charge in [0.2, 0.25) is 0 Å². The Morgan fingerprint density at radius 3 is 3.00 bits per heavy atom. The minimum absolute atomic E-state index is 0.559. The van der Waals surface area contributed by atoms with Crippen molar-refractivity contribution < 1.29 is 0 Å². The van der Waals surface area contributed by atoms with Crippen LogP contribution in [0.15, 0.2) is 24.4 Å². The molecule has 0 bridgehead atoms. The third-order valence-electron chi connectivity index (χ3n) is 3.66. The molecule has 1 atom stereocenters. The molecule has 2 N–H and O–H groups in total. The van der Waals surface area contributed by atoms with Crippen molar-refractivity contribution in [2.45, 2.75) is 25.7 Å². The summed E-state index contributed by atoms with van der Waals surface area (Å²) in [5.74, 6) is 0.559. The molecule has 1 fully saturated rings. The first kappa shape index (κ1) is 11.4. The van der Waals surface area contributed by atoms with Crippen molar-refractivity contribution in [3.05, 3.63) is 35.7 Å². The first-order valence-electron chi connectivity index (χ1n) is 6.53. The highest BCUT2D eigenvalue weighted by Crippen LogP contribution is 2.29. The summed E-state index contributed by atoms with van der Waals surface area (Å²) in [7, 11) is 0. The van der Waals surface area contributed by atoms with Crippen molar-refractivity contribution in [3.63, 3.8) is 0 Å². The summed E-state index contributed by atoms with van der Waals surface area (Å²) in [5, 5.41) is 11.1. The second kappa shape index (κ2) is 4.90. The van der Waals surface area contributed by atoms with Crippen molar-refractivity contribution >= 4 is 0 Å². The molecule has 2 aromatic heterocycles. The van der Waals surface area contributed by atoms with Gasteiger partial charge in [0.15, 0.2) is 0 Å². The van der Waals surface area contributed by atoms with Crippen LogP contribution in [0.4, 0.5) is 0 Å². The minimum Gasteiger partial charge on any atom is -0.316 e. The van der Waals surface area contributed by atoms with Gasteiger partial charge < -0.3 is 5.32 Å². The van der Waals surface area contributed by atoms with Gasteiger partial charge in [-0.25, -0.2) is 0 Å². The maximum Gasteiger partial charge on any atom is 0.114 e. The van der Waals surface area contributed by atoms with Crippen LogP contribution in [0, 0.1) is 6.92 Å². The lowest BCUT2D eigenvalue weighted by Crippen LogP contribution is -2.28. The average Bonchev–Trinajstić information content (AvgIpc) is 2.83. The number of nitrogens with zero attached hydrogens (tertiary/aromatic N) is 2. The summed E-state index contributed by atoms with van der Waals surface area (Å²) >= 11 is 0. The van der Waals surface area contributed by atoms with Gasteiger partial charge in [0.1, 0.15) is 5.69 Å².